The van der Waals surface area contributed by atoms with Gasteiger partial charge in [0, 0.05) is 17.3 Å². The summed E-state index contributed by atoms with van der Waals surface area (Å²) in [5, 5.41) is 18.4. The number of benzene rings is 2. The molecule has 2 rings (SSSR count). The first-order valence-corrected chi connectivity index (χ1v) is 7.97. The van der Waals surface area contributed by atoms with Gasteiger partial charge in [-0.1, -0.05) is 18.2 Å². The fourth-order valence-corrected chi connectivity index (χ4v) is 2.46. The van der Waals surface area contributed by atoms with Gasteiger partial charge >= 0.3 is 0 Å². The summed E-state index contributed by atoms with van der Waals surface area (Å²) < 4.78 is 22.3. The summed E-state index contributed by atoms with van der Waals surface area (Å²) in [5.41, 5.74) is 0.518. The summed E-state index contributed by atoms with van der Waals surface area (Å²) in [4.78, 5) is 22.2. The minimum Gasteiger partial charge on any atom is -0.326 e. The summed E-state index contributed by atoms with van der Waals surface area (Å²) in [5.74, 6) is -0.456. The van der Waals surface area contributed by atoms with Crippen molar-refractivity contribution in [3.8, 4) is 0 Å². The normalized spacial score (nSPS) is 11.0. The lowest BCUT2D eigenvalue weighted by Crippen LogP contribution is -2.16. The number of sulfonamides is 1. The average molecular weight is 335 g/mol. The number of nitrogens with two attached hydrogens (primary N) is 1. The van der Waals surface area contributed by atoms with Gasteiger partial charge in [-0.15, -0.1) is 0 Å². The van der Waals surface area contributed by atoms with Crippen molar-refractivity contribution in [1.82, 2.24) is 0 Å². The van der Waals surface area contributed by atoms with E-state index in [4.69, 9.17) is 5.14 Å². The highest BCUT2D eigenvalue weighted by molar-refractivity contribution is 7.89. The molecule has 0 bridgehead atoms. The van der Waals surface area contributed by atoms with E-state index in [0.29, 0.717) is 5.69 Å². The van der Waals surface area contributed by atoms with Gasteiger partial charge in [0.1, 0.15) is 0 Å². The lowest BCUT2D eigenvalue weighted by molar-refractivity contribution is -0.385. The molecule has 0 aliphatic carbocycles. The van der Waals surface area contributed by atoms with Crippen molar-refractivity contribution in [1.29, 1.82) is 0 Å². The van der Waals surface area contributed by atoms with Gasteiger partial charge in [-0.3, -0.25) is 14.9 Å². The highest BCUT2D eigenvalue weighted by Crippen LogP contribution is 2.19. The molecule has 1 amide bonds. The maximum absolute atomic E-state index is 12.0. The van der Waals surface area contributed by atoms with Crippen molar-refractivity contribution in [2.45, 2.75) is 11.3 Å². The van der Waals surface area contributed by atoms with Gasteiger partial charge in [-0.05, 0) is 24.3 Å². The number of rotatable bonds is 5. The summed E-state index contributed by atoms with van der Waals surface area (Å²) in [7, 11) is -3.80. The van der Waals surface area contributed by atoms with Gasteiger partial charge in [0.15, 0.2) is 0 Å². The van der Waals surface area contributed by atoms with Crippen molar-refractivity contribution in [2.75, 3.05) is 5.32 Å². The number of carbonyl (C=O) groups is 1. The number of hydrogen-bond acceptors (Lipinski definition) is 5. The van der Waals surface area contributed by atoms with Crippen LogP contribution in [0.3, 0.4) is 0 Å². The largest absolute Gasteiger partial charge is 0.326 e. The number of nitro benzene ring substituents is 1. The summed E-state index contributed by atoms with van der Waals surface area (Å²) in [6, 6.07) is 11.2. The number of amides is 1. The van der Waals surface area contributed by atoms with Gasteiger partial charge in [-0.2, -0.15) is 0 Å². The fraction of sp³-hybridized carbons (Fsp3) is 0.0714. The minimum absolute atomic E-state index is 0.0748. The number of carbonyl (C=O) groups excluding carboxylic acids is 1. The summed E-state index contributed by atoms with van der Waals surface area (Å²) >= 11 is 0. The second kappa shape index (κ2) is 6.55. The molecule has 0 aliphatic heterocycles. The van der Waals surface area contributed by atoms with Crippen molar-refractivity contribution in [3.05, 3.63) is 64.2 Å². The number of para-hydroxylation sites is 1. The monoisotopic (exact) mass is 335 g/mol. The third kappa shape index (κ3) is 4.34. The van der Waals surface area contributed by atoms with Crippen LogP contribution >= 0.6 is 0 Å². The highest BCUT2D eigenvalue weighted by atomic mass is 32.2. The SMILES string of the molecule is NS(=O)(=O)c1ccc(NC(=O)Cc2ccccc2[N+](=O)[O-])cc1. The second-order valence-electron chi connectivity index (χ2n) is 4.68. The molecule has 23 heavy (non-hydrogen) atoms. The molecule has 120 valence electrons. The molecule has 2 aromatic rings. The number of nitrogens with one attached hydrogen (secondary N) is 1. The first-order chi connectivity index (χ1) is 10.8. The topological polar surface area (TPSA) is 132 Å². The Labute approximate surface area is 132 Å². The predicted molar refractivity (Wildman–Crippen MR) is 83.2 cm³/mol. The second-order valence-corrected chi connectivity index (χ2v) is 6.24. The molecule has 0 fully saturated rings. The lowest BCUT2D eigenvalue weighted by atomic mass is 10.1. The number of anilines is 1. The highest BCUT2D eigenvalue weighted by Gasteiger charge is 2.15. The van der Waals surface area contributed by atoms with Crippen LogP contribution in [0, 0.1) is 10.1 Å². The first-order valence-electron chi connectivity index (χ1n) is 6.42. The molecule has 0 saturated heterocycles. The van der Waals surface area contributed by atoms with Crippen molar-refractivity contribution in [2.24, 2.45) is 5.14 Å². The van der Waals surface area contributed by atoms with E-state index in [-0.39, 0.29) is 22.6 Å². The minimum atomic E-state index is -3.80. The molecule has 0 heterocycles. The molecule has 0 atom stereocenters. The van der Waals surface area contributed by atoms with Crippen LogP contribution in [0.2, 0.25) is 0 Å². The number of nitrogens with zero attached hydrogens (tertiary/aromatic N) is 1. The quantitative estimate of drug-likeness (QED) is 0.630. The van der Waals surface area contributed by atoms with Gasteiger partial charge in [0.2, 0.25) is 15.9 Å². The summed E-state index contributed by atoms with van der Waals surface area (Å²) in [6.07, 6.45) is -0.173. The first kappa shape index (κ1) is 16.6. The van der Waals surface area contributed by atoms with Gasteiger partial charge in [0.25, 0.3) is 5.69 Å². The molecule has 3 N–H and O–H groups in total. The van der Waals surface area contributed by atoms with E-state index < -0.39 is 20.9 Å². The third-order valence-electron chi connectivity index (χ3n) is 3.01. The number of hydrogen-bond donors (Lipinski definition) is 2. The van der Waals surface area contributed by atoms with Crippen LogP contribution in [0.25, 0.3) is 0 Å². The van der Waals surface area contributed by atoms with Gasteiger partial charge in [0.05, 0.1) is 16.2 Å². The molecular weight excluding hydrogens is 322 g/mol. The Morgan fingerprint density at radius 3 is 2.30 bits per heavy atom. The van der Waals surface area contributed by atoms with E-state index in [2.05, 4.69) is 5.32 Å². The van der Waals surface area contributed by atoms with Crippen LogP contribution in [-0.4, -0.2) is 19.2 Å². The third-order valence-corrected chi connectivity index (χ3v) is 3.94. The van der Waals surface area contributed by atoms with Crippen LogP contribution in [0.15, 0.2) is 53.4 Å². The molecule has 0 radical (unpaired) electrons. The zero-order chi connectivity index (χ0) is 17.0. The molecule has 0 unspecified atom stereocenters. The van der Waals surface area contributed by atoms with Crippen molar-refractivity contribution >= 4 is 27.3 Å². The molecule has 2 aromatic carbocycles. The van der Waals surface area contributed by atoms with E-state index in [9.17, 15) is 23.3 Å². The Hall–Kier alpha value is -2.78. The van der Waals surface area contributed by atoms with Crippen LogP contribution in [0.4, 0.5) is 11.4 Å². The van der Waals surface area contributed by atoms with E-state index in [0.717, 1.165) is 0 Å². The van der Waals surface area contributed by atoms with E-state index in [1.807, 2.05) is 0 Å². The van der Waals surface area contributed by atoms with Crippen LogP contribution in [0.5, 0.6) is 0 Å². The Balaban J connectivity index is 2.10. The molecule has 0 spiro atoms. The lowest BCUT2D eigenvalue weighted by Gasteiger charge is -2.06. The molecular formula is C14H13N3O5S. The smallest absolute Gasteiger partial charge is 0.273 e. The maximum atomic E-state index is 12.0. The molecule has 0 aromatic heterocycles. The van der Waals surface area contributed by atoms with Crippen molar-refractivity contribution < 1.29 is 18.1 Å². The fourth-order valence-electron chi connectivity index (χ4n) is 1.94. The van der Waals surface area contributed by atoms with E-state index in [1.54, 1.807) is 6.07 Å². The maximum Gasteiger partial charge on any atom is 0.273 e. The standard InChI is InChI=1S/C14H13N3O5S/c15-23(21,22)12-7-5-11(6-8-12)16-14(18)9-10-3-1-2-4-13(10)17(19)20/h1-8H,9H2,(H,16,18)(H2,15,21,22). The molecule has 9 heteroatoms. The van der Waals surface area contributed by atoms with Crippen molar-refractivity contribution in [3.63, 3.8) is 0 Å². The predicted octanol–water partition coefficient (Wildman–Crippen LogP) is 1.42. The Bertz CT molecular complexity index is 847. The Morgan fingerprint density at radius 2 is 1.74 bits per heavy atom. The zero-order valence-corrected chi connectivity index (χ0v) is 12.6. The number of primary sulfonamides is 1. The van der Waals surface area contributed by atoms with Crippen LogP contribution in [-0.2, 0) is 21.2 Å². The van der Waals surface area contributed by atoms with Crippen LogP contribution < -0.4 is 10.5 Å². The van der Waals surface area contributed by atoms with E-state index in [1.165, 1.54) is 42.5 Å². The Morgan fingerprint density at radius 1 is 1.13 bits per heavy atom. The average Bonchev–Trinajstić information content (AvgIpc) is 2.47. The van der Waals surface area contributed by atoms with Crippen LogP contribution in [0.1, 0.15) is 5.56 Å². The zero-order valence-electron chi connectivity index (χ0n) is 11.8. The molecule has 0 saturated carbocycles. The van der Waals surface area contributed by atoms with E-state index >= 15 is 0 Å². The van der Waals surface area contributed by atoms with Gasteiger partial charge < -0.3 is 5.32 Å². The summed E-state index contributed by atoms with van der Waals surface area (Å²) in [6.45, 7) is 0. The Kier molecular flexibility index (Phi) is 4.72. The molecule has 8 nitrogen and oxygen atoms in total. The molecule has 0 aliphatic rings. The number of nitro groups is 1. The van der Waals surface area contributed by atoms with Gasteiger partial charge in [-0.25, -0.2) is 13.6 Å².